The van der Waals surface area contributed by atoms with Gasteiger partial charge >= 0.3 is 0 Å². The minimum atomic E-state index is 0.0179. The third-order valence-electron chi connectivity index (χ3n) is 1.73. The van der Waals surface area contributed by atoms with Gasteiger partial charge in [0.15, 0.2) is 0 Å². The molecule has 4 heteroatoms. The van der Waals surface area contributed by atoms with Gasteiger partial charge in [0.2, 0.25) is 5.91 Å². The van der Waals surface area contributed by atoms with Gasteiger partial charge in [0.25, 0.3) is 0 Å². The first-order valence-electron chi connectivity index (χ1n) is 4.27. The molecule has 1 fully saturated rings. The molecule has 0 aromatic carbocycles. The first kappa shape index (κ1) is 9.86. The Morgan fingerprint density at radius 2 is 2.58 bits per heavy atom. The maximum atomic E-state index is 11.1. The number of carbonyl (C=O) groups is 1. The number of rotatable bonds is 4. The number of hydrogen-bond acceptors (Lipinski definition) is 3. The van der Waals surface area contributed by atoms with E-state index < -0.39 is 0 Å². The zero-order chi connectivity index (χ0) is 8.81. The molecule has 1 rings (SSSR count). The van der Waals surface area contributed by atoms with Crippen molar-refractivity contribution in [2.24, 2.45) is 0 Å². The van der Waals surface area contributed by atoms with Crippen LogP contribution < -0.4 is 5.32 Å². The Morgan fingerprint density at radius 1 is 1.75 bits per heavy atom. The predicted octanol–water partition coefficient (Wildman–Crippen LogP) is 0.645. The molecule has 1 saturated heterocycles. The van der Waals surface area contributed by atoms with E-state index in [2.05, 4.69) is 5.32 Å². The number of amides is 1. The Bertz CT molecular complexity index is 146. The van der Waals surface area contributed by atoms with Crippen LogP contribution in [0.5, 0.6) is 0 Å². The summed E-state index contributed by atoms with van der Waals surface area (Å²) in [6, 6.07) is 0.378. The second-order valence-electron chi connectivity index (χ2n) is 2.77. The fraction of sp³-hybridized carbons (Fsp3) is 0.875. The van der Waals surface area contributed by atoms with Gasteiger partial charge in [0.05, 0.1) is 0 Å². The van der Waals surface area contributed by atoms with Gasteiger partial charge in [-0.25, -0.2) is 0 Å². The zero-order valence-electron chi connectivity index (χ0n) is 7.34. The Balaban J connectivity index is 2.08. The highest BCUT2D eigenvalue weighted by Crippen LogP contribution is 2.16. The molecule has 1 atom stereocenters. The monoisotopic (exact) mass is 189 g/mol. The van der Waals surface area contributed by atoms with Gasteiger partial charge in [0, 0.05) is 18.4 Å². The molecule has 3 nitrogen and oxygen atoms in total. The van der Waals surface area contributed by atoms with Crippen LogP contribution in [-0.2, 0) is 9.53 Å². The quantitative estimate of drug-likeness (QED) is 0.705. The van der Waals surface area contributed by atoms with Gasteiger partial charge in [-0.15, -0.1) is 0 Å². The van der Waals surface area contributed by atoms with Gasteiger partial charge in [0.1, 0.15) is 6.61 Å². The SMILES string of the molecule is CCOCC(=O)NC1CCSC1. The highest BCUT2D eigenvalue weighted by Gasteiger charge is 2.16. The highest BCUT2D eigenvalue weighted by atomic mass is 32.2. The van der Waals surface area contributed by atoms with E-state index in [1.807, 2.05) is 18.7 Å². The molecule has 1 heterocycles. The Hall–Kier alpha value is -0.220. The molecule has 1 unspecified atom stereocenters. The maximum Gasteiger partial charge on any atom is 0.246 e. The van der Waals surface area contributed by atoms with Crippen LogP contribution in [0.3, 0.4) is 0 Å². The lowest BCUT2D eigenvalue weighted by atomic mass is 10.2. The molecule has 0 aromatic rings. The van der Waals surface area contributed by atoms with Crippen molar-refractivity contribution in [1.82, 2.24) is 5.32 Å². The van der Waals surface area contributed by atoms with E-state index in [4.69, 9.17) is 4.74 Å². The highest BCUT2D eigenvalue weighted by molar-refractivity contribution is 7.99. The van der Waals surface area contributed by atoms with Gasteiger partial charge in [-0.1, -0.05) is 0 Å². The summed E-state index contributed by atoms with van der Waals surface area (Å²) >= 11 is 1.89. The molecular formula is C8H15NO2S. The van der Waals surface area contributed by atoms with E-state index in [-0.39, 0.29) is 12.5 Å². The van der Waals surface area contributed by atoms with Gasteiger partial charge in [-0.05, 0) is 19.1 Å². The van der Waals surface area contributed by atoms with Crippen molar-refractivity contribution in [3.05, 3.63) is 0 Å². The van der Waals surface area contributed by atoms with Gasteiger partial charge in [-0.3, -0.25) is 4.79 Å². The van der Waals surface area contributed by atoms with E-state index in [1.54, 1.807) is 0 Å². The summed E-state index contributed by atoms with van der Waals surface area (Å²) in [5, 5.41) is 2.93. The van der Waals surface area contributed by atoms with Crippen LogP contribution in [-0.4, -0.2) is 36.7 Å². The number of hydrogen-bond donors (Lipinski definition) is 1. The number of nitrogens with one attached hydrogen (secondary N) is 1. The molecule has 0 aliphatic carbocycles. The maximum absolute atomic E-state index is 11.1. The summed E-state index contributed by atoms with van der Waals surface area (Å²) in [6.07, 6.45) is 1.10. The number of carbonyl (C=O) groups excluding carboxylic acids is 1. The van der Waals surface area contributed by atoms with Crippen molar-refractivity contribution >= 4 is 17.7 Å². The minimum Gasteiger partial charge on any atom is -0.372 e. The summed E-state index contributed by atoms with van der Waals surface area (Å²) in [5.74, 6) is 2.24. The zero-order valence-corrected chi connectivity index (χ0v) is 8.15. The lowest BCUT2D eigenvalue weighted by molar-refractivity contribution is -0.126. The van der Waals surface area contributed by atoms with Crippen molar-refractivity contribution in [2.45, 2.75) is 19.4 Å². The van der Waals surface area contributed by atoms with Crippen molar-refractivity contribution in [3.8, 4) is 0 Å². The number of ether oxygens (including phenoxy) is 1. The van der Waals surface area contributed by atoms with E-state index in [0.717, 1.165) is 12.2 Å². The molecule has 0 spiro atoms. The van der Waals surface area contributed by atoms with E-state index in [9.17, 15) is 4.79 Å². The van der Waals surface area contributed by atoms with E-state index >= 15 is 0 Å². The van der Waals surface area contributed by atoms with Crippen LogP contribution in [0.15, 0.2) is 0 Å². The van der Waals surface area contributed by atoms with E-state index in [0.29, 0.717) is 12.6 Å². The molecule has 0 aromatic heterocycles. The van der Waals surface area contributed by atoms with Crippen molar-refractivity contribution in [1.29, 1.82) is 0 Å². The van der Waals surface area contributed by atoms with Crippen molar-refractivity contribution in [3.63, 3.8) is 0 Å². The molecule has 1 aliphatic heterocycles. The third kappa shape index (κ3) is 3.45. The largest absolute Gasteiger partial charge is 0.372 e. The van der Waals surface area contributed by atoms with Crippen LogP contribution in [0.1, 0.15) is 13.3 Å². The summed E-state index contributed by atoms with van der Waals surface area (Å²) < 4.78 is 4.99. The molecule has 1 amide bonds. The Morgan fingerprint density at radius 3 is 3.17 bits per heavy atom. The van der Waals surface area contributed by atoms with Crippen LogP contribution >= 0.6 is 11.8 Å². The van der Waals surface area contributed by atoms with Crippen molar-refractivity contribution in [2.75, 3.05) is 24.7 Å². The number of thioether (sulfide) groups is 1. The molecule has 1 aliphatic rings. The van der Waals surface area contributed by atoms with Crippen LogP contribution in [0.2, 0.25) is 0 Å². The lowest BCUT2D eigenvalue weighted by Gasteiger charge is -2.10. The molecule has 70 valence electrons. The van der Waals surface area contributed by atoms with Gasteiger partial charge in [-0.2, -0.15) is 11.8 Å². The summed E-state index contributed by atoms with van der Waals surface area (Å²) in [5.41, 5.74) is 0. The lowest BCUT2D eigenvalue weighted by Crippen LogP contribution is -2.37. The smallest absolute Gasteiger partial charge is 0.246 e. The van der Waals surface area contributed by atoms with Gasteiger partial charge < -0.3 is 10.1 Å². The van der Waals surface area contributed by atoms with Crippen LogP contribution in [0.25, 0.3) is 0 Å². The Kier molecular flexibility index (Phi) is 4.46. The average molecular weight is 189 g/mol. The summed E-state index contributed by atoms with van der Waals surface area (Å²) in [4.78, 5) is 11.1. The third-order valence-corrected chi connectivity index (χ3v) is 2.89. The standard InChI is InChI=1S/C8H15NO2S/c1-2-11-5-8(10)9-7-3-4-12-6-7/h7H,2-6H2,1H3,(H,9,10). The van der Waals surface area contributed by atoms with Crippen LogP contribution in [0.4, 0.5) is 0 Å². The van der Waals surface area contributed by atoms with E-state index in [1.165, 1.54) is 5.75 Å². The minimum absolute atomic E-state index is 0.0179. The normalized spacial score (nSPS) is 22.6. The molecule has 12 heavy (non-hydrogen) atoms. The average Bonchev–Trinajstić information content (AvgIpc) is 2.53. The Labute approximate surface area is 77.2 Å². The first-order chi connectivity index (χ1) is 5.83. The van der Waals surface area contributed by atoms with Crippen LogP contribution in [0, 0.1) is 0 Å². The summed E-state index contributed by atoms with van der Waals surface area (Å²) in [7, 11) is 0. The molecule has 0 radical (unpaired) electrons. The molecule has 0 bridgehead atoms. The fourth-order valence-electron chi connectivity index (χ4n) is 1.11. The second kappa shape index (κ2) is 5.43. The predicted molar refractivity (Wildman–Crippen MR) is 50.4 cm³/mol. The topological polar surface area (TPSA) is 38.3 Å². The first-order valence-corrected chi connectivity index (χ1v) is 5.43. The molecule has 1 N–H and O–H groups in total. The van der Waals surface area contributed by atoms with Crippen molar-refractivity contribution < 1.29 is 9.53 Å². The molecular weight excluding hydrogens is 174 g/mol. The summed E-state index contributed by atoms with van der Waals surface area (Å²) in [6.45, 7) is 2.70. The fourth-order valence-corrected chi connectivity index (χ4v) is 2.26. The molecule has 0 saturated carbocycles. The second-order valence-corrected chi connectivity index (χ2v) is 3.91.